The molecule has 0 aromatic carbocycles. The van der Waals surface area contributed by atoms with Crippen molar-refractivity contribution in [1.29, 1.82) is 0 Å². The first kappa shape index (κ1) is 11.6. The van der Waals surface area contributed by atoms with Gasteiger partial charge < -0.3 is 0 Å². The van der Waals surface area contributed by atoms with Gasteiger partial charge in [0.2, 0.25) is 0 Å². The van der Waals surface area contributed by atoms with E-state index in [1.165, 1.54) is 19.3 Å². The number of nitrogens with one attached hydrogen (secondary N) is 1. The molecule has 1 saturated carbocycles. The normalized spacial score (nSPS) is 23.4. The Kier molecular flexibility index (Phi) is 2.99. The molecule has 4 nitrogen and oxygen atoms in total. The van der Waals surface area contributed by atoms with Crippen molar-refractivity contribution in [2.45, 2.75) is 32.2 Å². The van der Waals surface area contributed by atoms with Crippen LogP contribution in [0.1, 0.15) is 32.2 Å². The Morgan fingerprint density at radius 2 is 2.33 bits per heavy atom. The van der Waals surface area contributed by atoms with Crippen LogP contribution in [0.5, 0.6) is 0 Å². The summed E-state index contributed by atoms with van der Waals surface area (Å²) in [6.07, 6.45) is 7.33. The zero-order chi connectivity index (χ0) is 12.5. The molecular weight excluding hydrogens is 244 g/mol. The smallest absolute Gasteiger partial charge is 0.195 e. The molecule has 2 aromatic heterocycles. The average molecular weight is 260 g/mol. The van der Waals surface area contributed by atoms with E-state index < -0.39 is 0 Å². The van der Waals surface area contributed by atoms with Crippen molar-refractivity contribution in [3.8, 4) is 11.4 Å². The maximum Gasteiger partial charge on any atom is 0.195 e. The third-order valence-corrected chi connectivity index (χ3v) is 4.06. The van der Waals surface area contributed by atoms with Crippen LogP contribution in [-0.2, 0) is 0 Å². The van der Waals surface area contributed by atoms with Crippen LogP contribution in [0.15, 0.2) is 24.5 Å². The quantitative estimate of drug-likeness (QED) is 0.842. The van der Waals surface area contributed by atoms with Gasteiger partial charge in [0, 0.05) is 24.0 Å². The second-order valence-electron chi connectivity index (χ2n) is 4.94. The highest BCUT2D eigenvalue weighted by atomic mass is 32.1. The molecule has 0 saturated heterocycles. The summed E-state index contributed by atoms with van der Waals surface area (Å²) in [5.74, 6) is 1.57. The highest BCUT2D eigenvalue weighted by Crippen LogP contribution is 2.37. The van der Waals surface area contributed by atoms with E-state index in [1.807, 2.05) is 18.3 Å². The van der Waals surface area contributed by atoms with Crippen molar-refractivity contribution in [3.05, 3.63) is 29.3 Å². The largest absolute Gasteiger partial charge is 0.297 e. The van der Waals surface area contributed by atoms with E-state index >= 15 is 0 Å². The Labute approximate surface area is 111 Å². The zero-order valence-corrected chi connectivity index (χ0v) is 11.2. The Morgan fingerprint density at radius 1 is 1.44 bits per heavy atom. The fourth-order valence-electron chi connectivity index (χ4n) is 2.82. The van der Waals surface area contributed by atoms with Crippen molar-refractivity contribution in [2.24, 2.45) is 5.92 Å². The van der Waals surface area contributed by atoms with Gasteiger partial charge in [-0.15, -0.1) is 0 Å². The van der Waals surface area contributed by atoms with Crippen LogP contribution in [0.25, 0.3) is 11.4 Å². The second kappa shape index (κ2) is 4.65. The van der Waals surface area contributed by atoms with Gasteiger partial charge in [-0.1, -0.05) is 13.3 Å². The molecule has 2 aromatic rings. The number of aromatic nitrogens is 4. The third kappa shape index (κ3) is 1.88. The van der Waals surface area contributed by atoms with Gasteiger partial charge in [-0.05, 0) is 43.1 Å². The van der Waals surface area contributed by atoms with Gasteiger partial charge in [0.15, 0.2) is 10.6 Å². The van der Waals surface area contributed by atoms with Crippen LogP contribution in [0, 0.1) is 10.7 Å². The lowest BCUT2D eigenvalue weighted by atomic mass is 10.1. The number of H-pyrrole nitrogens is 1. The van der Waals surface area contributed by atoms with Crippen molar-refractivity contribution in [2.75, 3.05) is 0 Å². The van der Waals surface area contributed by atoms with E-state index in [4.69, 9.17) is 12.2 Å². The fourth-order valence-corrected chi connectivity index (χ4v) is 3.09. The van der Waals surface area contributed by atoms with Gasteiger partial charge in [-0.25, -0.2) is 0 Å². The van der Waals surface area contributed by atoms with Gasteiger partial charge in [0.1, 0.15) is 0 Å². The van der Waals surface area contributed by atoms with E-state index in [0.29, 0.717) is 16.7 Å². The summed E-state index contributed by atoms with van der Waals surface area (Å²) in [5, 5.41) is 7.29. The number of hydrogen-bond donors (Lipinski definition) is 1. The lowest BCUT2D eigenvalue weighted by molar-refractivity contribution is 0.406. The maximum atomic E-state index is 5.39. The monoisotopic (exact) mass is 260 g/mol. The molecular formula is C13H16N4S. The summed E-state index contributed by atoms with van der Waals surface area (Å²) in [5.41, 5.74) is 1.02. The molecule has 2 heterocycles. The second-order valence-corrected chi connectivity index (χ2v) is 5.33. The van der Waals surface area contributed by atoms with E-state index in [1.54, 1.807) is 6.20 Å². The molecule has 3 rings (SSSR count). The molecule has 0 bridgehead atoms. The molecule has 0 radical (unpaired) electrons. The average Bonchev–Trinajstić information content (AvgIpc) is 2.96. The van der Waals surface area contributed by atoms with Crippen LogP contribution in [0.3, 0.4) is 0 Å². The molecule has 2 atom stereocenters. The number of nitrogens with zero attached hydrogens (tertiary/aromatic N) is 3. The lowest BCUT2D eigenvalue weighted by Gasteiger charge is -2.18. The molecule has 0 amide bonds. The standard InChI is InChI=1S/C13H16N4S/c1-9-4-2-6-11(9)17-12(15-16-13(17)18)10-5-3-7-14-8-10/h3,5,7-9,11H,2,4,6H2,1H3,(H,16,18). The molecule has 1 N–H and O–H groups in total. The van der Waals surface area contributed by atoms with Crippen LogP contribution in [0.2, 0.25) is 0 Å². The molecule has 18 heavy (non-hydrogen) atoms. The highest BCUT2D eigenvalue weighted by Gasteiger charge is 2.28. The van der Waals surface area contributed by atoms with Crippen molar-refractivity contribution in [1.82, 2.24) is 19.7 Å². The first-order valence-electron chi connectivity index (χ1n) is 6.34. The predicted molar refractivity (Wildman–Crippen MR) is 72.7 cm³/mol. The van der Waals surface area contributed by atoms with E-state index in [-0.39, 0.29) is 0 Å². The minimum Gasteiger partial charge on any atom is -0.297 e. The SMILES string of the molecule is CC1CCCC1n1c(-c2cccnc2)n[nH]c1=S. The minimum atomic E-state index is 0.464. The topological polar surface area (TPSA) is 46.5 Å². The molecule has 1 aliphatic carbocycles. The number of rotatable bonds is 2. The Hall–Kier alpha value is -1.49. The van der Waals surface area contributed by atoms with E-state index in [9.17, 15) is 0 Å². The van der Waals surface area contributed by atoms with Gasteiger partial charge in [0.25, 0.3) is 0 Å². The molecule has 0 spiro atoms. The summed E-state index contributed by atoms with van der Waals surface area (Å²) in [6.45, 7) is 2.29. The van der Waals surface area contributed by atoms with E-state index in [2.05, 4.69) is 26.7 Å². The number of hydrogen-bond acceptors (Lipinski definition) is 3. The third-order valence-electron chi connectivity index (χ3n) is 3.77. The molecule has 5 heteroatoms. The summed E-state index contributed by atoms with van der Waals surface area (Å²) < 4.78 is 2.89. The number of pyridine rings is 1. The van der Waals surface area contributed by atoms with Crippen molar-refractivity contribution in [3.63, 3.8) is 0 Å². The molecule has 0 aliphatic heterocycles. The van der Waals surface area contributed by atoms with Gasteiger partial charge >= 0.3 is 0 Å². The van der Waals surface area contributed by atoms with Crippen LogP contribution < -0.4 is 0 Å². The van der Waals surface area contributed by atoms with Crippen molar-refractivity contribution >= 4 is 12.2 Å². The van der Waals surface area contributed by atoms with Crippen LogP contribution in [0.4, 0.5) is 0 Å². The summed E-state index contributed by atoms with van der Waals surface area (Å²) in [4.78, 5) is 4.16. The van der Waals surface area contributed by atoms with Gasteiger partial charge in [0.05, 0.1) is 0 Å². The first-order valence-corrected chi connectivity index (χ1v) is 6.75. The van der Waals surface area contributed by atoms with Crippen LogP contribution in [-0.4, -0.2) is 19.7 Å². The fraction of sp³-hybridized carbons (Fsp3) is 0.462. The first-order chi connectivity index (χ1) is 8.77. The predicted octanol–water partition coefficient (Wildman–Crippen LogP) is 3.36. The molecule has 2 unspecified atom stereocenters. The summed E-state index contributed by atoms with van der Waals surface area (Å²) in [6, 6.07) is 4.41. The van der Waals surface area contributed by atoms with Gasteiger partial charge in [-0.3, -0.25) is 14.6 Å². The molecule has 1 fully saturated rings. The van der Waals surface area contributed by atoms with Gasteiger partial charge in [-0.2, -0.15) is 5.10 Å². The molecule has 1 aliphatic rings. The summed E-state index contributed by atoms with van der Waals surface area (Å²) >= 11 is 5.39. The van der Waals surface area contributed by atoms with E-state index in [0.717, 1.165) is 11.4 Å². The number of aromatic amines is 1. The highest BCUT2D eigenvalue weighted by molar-refractivity contribution is 7.71. The zero-order valence-electron chi connectivity index (χ0n) is 10.3. The van der Waals surface area contributed by atoms with Crippen molar-refractivity contribution < 1.29 is 0 Å². The lowest BCUT2D eigenvalue weighted by Crippen LogP contribution is -2.13. The van der Waals surface area contributed by atoms with Crippen LogP contribution >= 0.6 is 12.2 Å². The molecule has 94 valence electrons. The maximum absolute atomic E-state index is 5.39. The Morgan fingerprint density at radius 3 is 3.00 bits per heavy atom. The Balaban J connectivity index is 2.10. The minimum absolute atomic E-state index is 0.464. The Bertz CT molecular complexity index is 587. The summed E-state index contributed by atoms with van der Waals surface area (Å²) in [7, 11) is 0.